The van der Waals surface area contributed by atoms with Crippen LogP contribution >= 0.6 is 0 Å². The fourth-order valence-electron chi connectivity index (χ4n) is 9.37. The van der Waals surface area contributed by atoms with E-state index in [4.69, 9.17) is 9.47 Å². The third-order valence-corrected chi connectivity index (χ3v) is 11.4. The van der Waals surface area contributed by atoms with E-state index < -0.39 is 5.66 Å². The molecule has 2 aromatic heterocycles. The summed E-state index contributed by atoms with van der Waals surface area (Å²) in [7, 11) is 0. The first kappa shape index (κ1) is 22.9. The highest BCUT2D eigenvalue weighted by Crippen LogP contribution is 2.68. The molecule has 5 heteroatoms. The van der Waals surface area contributed by atoms with E-state index in [1.807, 2.05) is 0 Å². The molecule has 0 saturated carbocycles. The van der Waals surface area contributed by atoms with Crippen molar-refractivity contribution >= 4 is 17.2 Å². The van der Waals surface area contributed by atoms with Gasteiger partial charge in [0.2, 0.25) is 5.69 Å². The van der Waals surface area contributed by atoms with Gasteiger partial charge in [0, 0.05) is 33.6 Å². The van der Waals surface area contributed by atoms with Gasteiger partial charge >= 0.3 is 11.5 Å². The molecule has 1 spiro atoms. The Labute approximate surface area is 250 Å². The molecule has 3 aromatic carbocycles. The maximum Gasteiger partial charge on any atom is 0.381 e. The molecule has 1 atom stereocenters. The van der Waals surface area contributed by atoms with E-state index in [-0.39, 0.29) is 10.8 Å². The van der Waals surface area contributed by atoms with Crippen molar-refractivity contribution in [1.82, 2.24) is 0 Å². The second-order valence-electron chi connectivity index (χ2n) is 14.4. The van der Waals surface area contributed by atoms with Crippen molar-refractivity contribution < 1.29 is 18.6 Å². The molecule has 5 aromatic rings. The average molecular weight is 562 g/mol. The van der Waals surface area contributed by atoms with E-state index in [1.165, 1.54) is 62.0 Å². The number of nitrogens with zero attached hydrogens (tertiary/aromatic N) is 3. The highest BCUT2D eigenvalue weighted by molar-refractivity contribution is 5.95. The number of anilines is 3. The summed E-state index contributed by atoms with van der Waals surface area (Å²) in [5.74, 6) is 5.15. The molecule has 6 aliphatic rings. The van der Waals surface area contributed by atoms with Gasteiger partial charge in [0.05, 0.1) is 11.6 Å². The molecule has 1 unspecified atom stereocenters. The third-order valence-electron chi connectivity index (χ3n) is 11.4. The van der Waals surface area contributed by atoms with Crippen LogP contribution in [0.2, 0.25) is 0 Å². The quantitative estimate of drug-likeness (QED) is 0.191. The number of pyridine rings is 2. The fourth-order valence-corrected chi connectivity index (χ4v) is 9.37. The van der Waals surface area contributed by atoms with Crippen LogP contribution in [0.15, 0.2) is 72.8 Å². The predicted octanol–water partition coefficient (Wildman–Crippen LogP) is 7.94. The summed E-state index contributed by atoms with van der Waals surface area (Å²) in [6.45, 7) is 14.1. The highest BCUT2D eigenvalue weighted by Gasteiger charge is 2.75. The van der Waals surface area contributed by atoms with Crippen molar-refractivity contribution in [3.63, 3.8) is 0 Å². The number of aromatic nitrogens is 2. The minimum absolute atomic E-state index is 0.192. The van der Waals surface area contributed by atoms with Crippen LogP contribution in [0.5, 0.6) is 23.1 Å². The largest absolute Gasteiger partial charge is 0.455 e. The molecular weight excluding hydrogens is 530 g/mol. The zero-order chi connectivity index (χ0) is 28.9. The van der Waals surface area contributed by atoms with Crippen molar-refractivity contribution in [2.24, 2.45) is 0 Å². The lowest BCUT2D eigenvalue weighted by atomic mass is 9.64. The summed E-state index contributed by atoms with van der Waals surface area (Å²) >= 11 is 0. The van der Waals surface area contributed by atoms with Crippen LogP contribution < -0.4 is 23.5 Å². The Kier molecular flexibility index (Phi) is 3.45. The topological polar surface area (TPSA) is 29.5 Å². The molecule has 0 amide bonds. The van der Waals surface area contributed by atoms with Crippen molar-refractivity contribution in [2.45, 2.75) is 64.0 Å². The Morgan fingerprint density at radius 3 is 2.05 bits per heavy atom. The van der Waals surface area contributed by atoms with Crippen molar-refractivity contribution in [3.05, 3.63) is 112 Å². The molecule has 0 aliphatic carbocycles. The summed E-state index contributed by atoms with van der Waals surface area (Å²) in [4.78, 5) is 2.60. The van der Waals surface area contributed by atoms with E-state index in [0.717, 1.165) is 28.7 Å². The molecule has 0 radical (unpaired) electrons. The van der Waals surface area contributed by atoms with Crippen LogP contribution in [0.25, 0.3) is 11.4 Å². The second kappa shape index (κ2) is 6.47. The van der Waals surface area contributed by atoms with Crippen molar-refractivity contribution in [3.8, 4) is 34.5 Å². The Hall–Kier alpha value is -4.64. The molecule has 8 heterocycles. The van der Waals surface area contributed by atoms with E-state index in [2.05, 4.69) is 128 Å². The number of hydrogen-bond acceptors (Lipinski definition) is 3. The van der Waals surface area contributed by atoms with Gasteiger partial charge in [0.1, 0.15) is 17.2 Å². The molecule has 0 bridgehead atoms. The van der Waals surface area contributed by atoms with Gasteiger partial charge in [0.25, 0.3) is 11.5 Å². The van der Waals surface area contributed by atoms with Gasteiger partial charge in [-0.2, -0.15) is 4.90 Å². The summed E-state index contributed by atoms with van der Waals surface area (Å²) in [5, 5.41) is 0. The first-order valence-corrected chi connectivity index (χ1v) is 15.5. The van der Waals surface area contributed by atoms with E-state index in [9.17, 15) is 0 Å². The third kappa shape index (κ3) is 2.09. The number of benzene rings is 3. The lowest BCUT2D eigenvalue weighted by molar-refractivity contribution is -0.937. The molecule has 11 rings (SSSR count). The van der Waals surface area contributed by atoms with Gasteiger partial charge in [-0.1, -0.05) is 71.9 Å². The Morgan fingerprint density at radius 2 is 1.28 bits per heavy atom. The molecule has 0 N–H and O–H groups in total. The summed E-state index contributed by atoms with van der Waals surface area (Å²) in [6, 6.07) is 27.2. The smallest absolute Gasteiger partial charge is 0.381 e. The molecule has 5 nitrogen and oxygen atoms in total. The van der Waals surface area contributed by atoms with Crippen LogP contribution in [0.1, 0.15) is 86.4 Å². The van der Waals surface area contributed by atoms with Crippen molar-refractivity contribution in [2.75, 3.05) is 4.90 Å². The van der Waals surface area contributed by atoms with Gasteiger partial charge in [0.15, 0.2) is 22.6 Å². The fraction of sp³-hybridized carbons (Fsp3) is 0.263. The minimum atomic E-state index is -0.670. The maximum atomic E-state index is 6.86. The Morgan fingerprint density at radius 1 is 0.628 bits per heavy atom. The number of rotatable bonds is 1. The zero-order valence-corrected chi connectivity index (χ0v) is 25.2. The van der Waals surface area contributed by atoms with Crippen LogP contribution in [-0.2, 0) is 16.5 Å². The summed E-state index contributed by atoms with van der Waals surface area (Å²) < 4.78 is 18.8. The zero-order valence-electron chi connectivity index (χ0n) is 25.2. The van der Waals surface area contributed by atoms with Crippen LogP contribution in [0, 0.1) is 0 Å². The predicted molar refractivity (Wildman–Crippen MR) is 163 cm³/mol. The lowest BCUT2D eigenvalue weighted by Gasteiger charge is -2.49. The van der Waals surface area contributed by atoms with E-state index in [0.29, 0.717) is 5.92 Å². The Balaban J connectivity index is 1.45. The van der Waals surface area contributed by atoms with Gasteiger partial charge in [-0.05, 0) is 41.8 Å². The van der Waals surface area contributed by atoms with Gasteiger partial charge in [-0.3, -0.25) is 0 Å². The average Bonchev–Trinajstić information content (AvgIpc) is 3.28. The molecule has 0 fully saturated rings. The van der Waals surface area contributed by atoms with E-state index in [1.54, 1.807) is 0 Å². The molecule has 208 valence electrons. The molecule has 0 saturated heterocycles. The normalized spacial score (nSPS) is 21.3. The van der Waals surface area contributed by atoms with Gasteiger partial charge < -0.3 is 9.47 Å². The Bertz CT molecular complexity index is 2230. The van der Waals surface area contributed by atoms with Crippen LogP contribution in [0.4, 0.5) is 17.2 Å². The SMILES string of the molecule is CC(C)c1cc2[n+]3c(c1)-c1ccc4c5[n+]1C31c3c(cccc3O2)Oc2ccc3c(c21)N5c1c(cccc1C4(C)C)C3(C)C. The molecular formula is C38H31N3O2+2. The molecule has 43 heavy (non-hydrogen) atoms. The second-order valence-corrected chi connectivity index (χ2v) is 14.4. The monoisotopic (exact) mass is 561 g/mol. The van der Waals surface area contributed by atoms with Crippen LogP contribution in [0.3, 0.4) is 0 Å². The molecule has 6 aliphatic heterocycles. The maximum absolute atomic E-state index is 6.86. The standard InChI is InChI=1S/C38H31N3O2/c1-19(2)20-17-26-25-15-13-24-35-39-33-21(9-7-10-22(33)37(24,5)6)36(3,4)23-14-16-29-32(34(23)39)38(41(25)35)31-27(42-29)11-8-12-28(31)43-30(18-20)40(26)38/h7-19H,1-6H3/q+2. The number of para-hydroxylation sites is 1. The first-order chi connectivity index (χ1) is 20.7. The number of hydrogen-bond donors (Lipinski definition) is 0. The first-order valence-electron chi connectivity index (χ1n) is 15.5. The number of fused-ring (bicyclic) bond motifs is 1. The van der Waals surface area contributed by atoms with Gasteiger partial charge in [-0.25, -0.2) is 0 Å². The number of ether oxygens (including phenoxy) is 2. The van der Waals surface area contributed by atoms with Crippen LogP contribution in [-0.4, -0.2) is 0 Å². The van der Waals surface area contributed by atoms with Gasteiger partial charge in [-0.15, -0.1) is 9.13 Å². The van der Waals surface area contributed by atoms with E-state index >= 15 is 0 Å². The van der Waals surface area contributed by atoms with Crippen molar-refractivity contribution in [1.29, 1.82) is 0 Å². The highest BCUT2D eigenvalue weighted by atomic mass is 16.5. The lowest BCUT2D eigenvalue weighted by Crippen LogP contribution is -2.76. The summed E-state index contributed by atoms with van der Waals surface area (Å²) in [5.41, 5.74) is 12.9. The minimum Gasteiger partial charge on any atom is -0.455 e. The summed E-state index contributed by atoms with van der Waals surface area (Å²) in [6.07, 6.45) is 0.